The SMILES string of the molecule is Cc1ccc(C(=O)NC2CC2)cc1Nc1nc(-c2ccc(F)c(F)c2)c(OC(=O)NCc2ccccc2)s1. The molecule has 10 heteroatoms. The largest absolute Gasteiger partial charge is 0.413 e. The van der Waals surface area contributed by atoms with Gasteiger partial charge in [-0.15, -0.1) is 0 Å². The molecule has 1 heterocycles. The third-order valence-corrected chi connectivity index (χ3v) is 6.76. The molecule has 0 saturated heterocycles. The molecule has 4 aromatic rings. The molecule has 3 aromatic carbocycles. The van der Waals surface area contributed by atoms with Crippen LogP contribution >= 0.6 is 11.3 Å². The molecule has 1 saturated carbocycles. The van der Waals surface area contributed by atoms with Crippen LogP contribution in [0.3, 0.4) is 0 Å². The Balaban J connectivity index is 1.40. The van der Waals surface area contributed by atoms with Crippen LogP contribution in [0.25, 0.3) is 11.3 Å². The van der Waals surface area contributed by atoms with Gasteiger partial charge in [-0.2, -0.15) is 0 Å². The number of carbonyl (C=O) groups is 2. The maximum Gasteiger partial charge on any atom is 0.413 e. The number of anilines is 2. The number of nitrogens with one attached hydrogen (secondary N) is 3. The Morgan fingerprint density at radius 1 is 1.03 bits per heavy atom. The molecule has 0 atom stereocenters. The van der Waals surface area contributed by atoms with Gasteiger partial charge >= 0.3 is 6.09 Å². The molecule has 0 bridgehead atoms. The Hall–Kier alpha value is -4.31. The summed E-state index contributed by atoms with van der Waals surface area (Å²) in [6.07, 6.45) is 1.25. The van der Waals surface area contributed by atoms with E-state index in [9.17, 15) is 18.4 Å². The molecule has 7 nitrogen and oxygen atoms in total. The van der Waals surface area contributed by atoms with E-state index in [-0.39, 0.29) is 34.8 Å². The highest BCUT2D eigenvalue weighted by Crippen LogP contribution is 2.40. The standard InChI is InChI=1S/C28H24F2N4O3S/c1-16-7-8-19(25(35)32-20-10-11-20)14-23(16)33-27-34-24(18-9-12-21(29)22(30)13-18)26(38-27)37-28(36)31-15-17-5-3-2-4-6-17/h2-9,12-14,20H,10-11,15H2,1H3,(H,31,36)(H,32,35)(H,33,34). The summed E-state index contributed by atoms with van der Waals surface area (Å²) in [6.45, 7) is 2.13. The fourth-order valence-corrected chi connectivity index (χ4v) is 4.51. The van der Waals surface area contributed by atoms with Crippen molar-refractivity contribution in [2.24, 2.45) is 0 Å². The third-order valence-electron chi connectivity index (χ3n) is 5.91. The monoisotopic (exact) mass is 534 g/mol. The number of thiazole rings is 1. The minimum atomic E-state index is -1.05. The summed E-state index contributed by atoms with van der Waals surface area (Å²) in [5, 5.41) is 9.25. The molecule has 1 aliphatic carbocycles. The van der Waals surface area contributed by atoms with Crippen LogP contribution < -0.4 is 20.7 Å². The predicted molar refractivity (Wildman–Crippen MR) is 142 cm³/mol. The van der Waals surface area contributed by atoms with Crippen molar-refractivity contribution >= 4 is 34.2 Å². The van der Waals surface area contributed by atoms with Crippen LogP contribution in [0.2, 0.25) is 0 Å². The van der Waals surface area contributed by atoms with Crippen molar-refractivity contribution in [1.82, 2.24) is 15.6 Å². The lowest BCUT2D eigenvalue weighted by atomic mass is 10.1. The van der Waals surface area contributed by atoms with E-state index >= 15 is 0 Å². The number of benzene rings is 3. The summed E-state index contributed by atoms with van der Waals surface area (Å²) in [7, 11) is 0. The van der Waals surface area contributed by atoms with Crippen molar-refractivity contribution in [2.45, 2.75) is 32.4 Å². The molecular weight excluding hydrogens is 510 g/mol. The van der Waals surface area contributed by atoms with E-state index in [0.717, 1.165) is 47.4 Å². The summed E-state index contributed by atoms with van der Waals surface area (Å²) >= 11 is 1.03. The lowest BCUT2D eigenvalue weighted by Crippen LogP contribution is -2.26. The van der Waals surface area contributed by atoms with Crippen LogP contribution in [0.4, 0.5) is 24.4 Å². The van der Waals surface area contributed by atoms with E-state index in [0.29, 0.717) is 16.4 Å². The molecule has 1 aliphatic rings. The molecule has 194 valence electrons. The highest BCUT2D eigenvalue weighted by Gasteiger charge is 2.24. The van der Waals surface area contributed by atoms with E-state index in [1.807, 2.05) is 43.3 Å². The van der Waals surface area contributed by atoms with E-state index in [1.54, 1.807) is 12.1 Å². The number of rotatable bonds is 8. The van der Waals surface area contributed by atoms with E-state index < -0.39 is 17.7 Å². The van der Waals surface area contributed by atoms with Gasteiger partial charge in [0.15, 0.2) is 16.8 Å². The van der Waals surface area contributed by atoms with Crippen LogP contribution in [0.15, 0.2) is 66.7 Å². The van der Waals surface area contributed by atoms with Crippen LogP contribution in [-0.4, -0.2) is 23.0 Å². The second kappa shape index (κ2) is 11.0. The first-order chi connectivity index (χ1) is 18.4. The minimum absolute atomic E-state index is 0.101. The van der Waals surface area contributed by atoms with Crippen molar-refractivity contribution in [3.8, 4) is 16.3 Å². The van der Waals surface area contributed by atoms with Gasteiger partial charge in [0.05, 0.1) is 0 Å². The Morgan fingerprint density at radius 3 is 2.55 bits per heavy atom. The molecule has 38 heavy (non-hydrogen) atoms. The maximum absolute atomic E-state index is 14.0. The number of aryl methyl sites for hydroxylation is 1. The summed E-state index contributed by atoms with van der Waals surface area (Å²) in [5.41, 5.74) is 3.30. The minimum Gasteiger partial charge on any atom is -0.397 e. The van der Waals surface area contributed by atoms with Gasteiger partial charge in [0.25, 0.3) is 5.91 Å². The summed E-state index contributed by atoms with van der Waals surface area (Å²) in [6, 6.07) is 18.2. The first kappa shape index (κ1) is 25.3. The van der Waals surface area contributed by atoms with Crippen molar-refractivity contribution in [3.63, 3.8) is 0 Å². The van der Waals surface area contributed by atoms with Crippen molar-refractivity contribution in [1.29, 1.82) is 0 Å². The number of hydrogen-bond donors (Lipinski definition) is 3. The lowest BCUT2D eigenvalue weighted by molar-refractivity contribution is 0.0951. The average molecular weight is 535 g/mol. The van der Waals surface area contributed by atoms with E-state index in [4.69, 9.17) is 4.74 Å². The zero-order valence-electron chi connectivity index (χ0n) is 20.4. The topological polar surface area (TPSA) is 92.3 Å². The van der Waals surface area contributed by atoms with Crippen LogP contribution in [0.5, 0.6) is 5.06 Å². The molecule has 3 N–H and O–H groups in total. The first-order valence-electron chi connectivity index (χ1n) is 12.0. The fraction of sp³-hybridized carbons (Fsp3) is 0.179. The predicted octanol–water partition coefficient (Wildman–Crippen LogP) is 6.32. The summed E-state index contributed by atoms with van der Waals surface area (Å²) < 4.78 is 33.1. The van der Waals surface area contributed by atoms with Gasteiger partial charge in [0, 0.05) is 29.4 Å². The van der Waals surface area contributed by atoms with Gasteiger partial charge < -0.3 is 20.7 Å². The number of aromatic nitrogens is 1. The van der Waals surface area contributed by atoms with Gasteiger partial charge in [0.1, 0.15) is 5.69 Å². The number of hydrogen-bond acceptors (Lipinski definition) is 6. The molecule has 5 rings (SSSR count). The second-order valence-corrected chi connectivity index (χ2v) is 9.88. The molecule has 0 radical (unpaired) electrons. The van der Waals surface area contributed by atoms with Crippen molar-refractivity contribution in [2.75, 3.05) is 5.32 Å². The molecule has 0 aliphatic heterocycles. The van der Waals surface area contributed by atoms with Crippen molar-refractivity contribution < 1.29 is 23.1 Å². The van der Waals surface area contributed by atoms with Gasteiger partial charge in [-0.3, -0.25) is 4.79 Å². The fourth-order valence-electron chi connectivity index (χ4n) is 3.65. The van der Waals surface area contributed by atoms with Crippen molar-refractivity contribution in [3.05, 3.63) is 95.1 Å². The zero-order valence-corrected chi connectivity index (χ0v) is 21.2. The molecule has 1 fully saturated rings. The maximum atomic E-state index is 14.0. The van der Waals surface area contributed by atoms with E-state index in [1.165, 1.54) is 6.07 Å². The summed E-state index contributed by atoms with van der Waals surface area (Å²) in [4.78, 5) is 29.6. The lowest BCUT2D eigenvalue weighted by Gasteiger charge is -2.10. The van der Waals surface area contributed by atoms with Gasteiger partial charge in [-0.05, 0) is 61.2 Å². The number of nitrogens with zero attached hydrogens (tertiary/aromatic N) is 1. The Bertz CT molecular complexity index is 1490. The second-order valence-electron chi connectivity index (χ2n) is 8.92. The summed E-state index contributed by atoms with van der Waals surface area (Å²) in [5.74, 6) is -2.20. The quantitative estimate of drug-likeness (QED) is 0.246. The third kappa shape index (κ3) is 6.15. The molecule has 0 spiro atoms. The normalized spacial score (nSPS) is 12.6. The highest BCUT2D eigenvalue weighted by molar-refractivity contribution is 7.18. The highest BCUT2D eigenvalue weighted by atomic mass is 32.1. The zero-order chi connectivity index (χ0) is 26.6. The number of halogens is 2. The van der Waals surface area contributed by atoms with Crippen LogP contribution in [-0.2, 0) is 6.54 Å². The Labute approximate surface area is 221 Å². The van der Waals surface area contributed by atoms with Gasteiger partial charge in [-0.1, -0.05) is 47.7 Å². The van der Waals surface area contributed by atoms with Crippen LogP contribution in [0.1, 0.15) is 34.3 Å². The average Bonchev–Trinajstić information content (AvgIpc) is 3.64. The number of ether oxygens (including phenoxy) is 1. The smallest absolute Gasteiger partial charge is 0.397 e. The molecular formula is C28H24F2N4O3S. The van der Waals surface area contributed by atoms with Gasteiger partial charge in [-0.25, -0.2) is 18.6 Å². The van der Waals surface area contributed by atoms with Gasteiger partial charge in [0.2, 0.25) is 5.06 Å². The molecule has 1 aromatic heterocycles. The van der Waals surface area contributed by atoms with E-state index in [2.05, 4.69) is 20.9 Å². The first-order valence-corrected chi connectivity index (χ1v) is 12.8. The molecule has 2 amide bonds. The number of carbonyl (C=O) groups excluding carboxylic acids is 2. The number of amides is 2. The van der Waals surface area contributed by atoms with Crippen LogP contribution in [0, 0.1) is 18.6 Å². The Kier molecular flexibility index (Phi) is 7.32. The molecule has 0 unspecified atom stereocenters. The Morgan fingerprint density at radius 2 is 1.82 bits per heavy atom.